The molecule has 0 saturated heterocycles. The van der Waals surface area contributed by atoms with E-state index in [0.717, 1.165) is 12.4 Å². The van der Waals surface area contributed by atoms with Gasteiger partial charge < -0.3 is 10.1 Å². The lowest BCUT2D eigenvalue weighted by atomic mass is 10.6. The van der Waals surface area contributed by atoms with Crippen LogP contribution in [0.4, 0.5) is 5.82 Å². The lowest BCUT2D eigenvalue weighted by Gasteiger charge is -1.94. The van der Waals surface area contributed by atoms with Gasteiger partial charge >= 0.3 is 0 Å². The van der Waals surface area contributed by atoms with E-state index >= 15 is 0 Å². The van der Waals surface area contributed by atoms with E-state index in [1.54, 1.807) is 0 Å². The second kappa shape index (κ2) is 3.85. The normalized spacial score (nSPS) is 9.64. The molecule has 0 aromatic carbocycles. The van der Waals surface area contributed by atoms with E-state index in [0.29, 0.717) is 12.5 Å². The number of hydrogen-bond acceptors (Lipinski definition) is 3. The Hall–Kier alpha value is -1.19. The van der Waals surface area contributed by atoms with Crippen molar-refractivity contribution in [2.24, 2.45) is 0 Å². The molecule has 62 valence electrons. The van der Waals surface area contributed by atoms with Gasteiger partial charge in [-0.05, 0) is 13.8 Å². The Morgan fingerprint density at radius 1 is 1.64 bits per heavy atom. The monoisotopic (exact) mass is 155 g/mol. The van der Waals surface area contributed by atoms with Crippen molar-refractivity contribution in [1.82, 2.24) is 10.2 Å². The minimum absolute atomic E-state index is 0.660. The predicted molar refractivity (Wildman–Crippen MR) is 43.9 cm³/mol. The smallest absolute Gasteiger partial charge is 0.211 e. The van der Waals surface area contributed by atoms with Crippen LogP contribution in [-0.4, -0.2) is 23.3 Å². The number of nitrogens with zero attached hydrogens (tertiary/aromatic N) is 1. The highest BCUT2D eigenvalue weighted by atomic mass is 16.5. The SMILES string of the molecule is CCNc1cc(OCC)[nH]n1. The fraction of sp³-hybridized carbons (Fsp3) is 0.571. The van der Waals surface area contributed by atoms with Crippen LogP contribution in [0.1, 0.15) is 13.8 Å². The molecule has 4 nitrogen and oxygen atoms in total. The first-order valence-electron chi connectivity index (χ1n) is 3.79. The summed E-state index contributed by atoms with van der Waals surface area (Å²) in [5, 5.41) is 9.78. The average molecular weight is 155 g/mol. The van der Waals surface area contributed by atoms with Crippen LogP contribution in [0.5, 0.6) is 5.88 Å². The number of ether oxygens (including phenoxy) is 1. The minimum Gasteiger partial charge on any atom is -0.478 e. The summed E-state index contributed by atoms with van der Waals surface area (Å²) < 4.78 is 5.17. The zero-order chi connectivity index (χ0) is 8.10. The number of hydrogen-bond donors (Lipinski definition) is 2. The summed E-state index contributed by atoms with van der Waals surface area (Å²) in [6.07, 6.45) is 0. The largest absolute Gasteiger partial charge is 0.478 e. The molecular formula is C7H13N3O. The summed E-state index contributed by atoms with van der Waals surface area (Å²) in [4.78, 5) is 0. The summed E-state index contributed by atoms with van der Waals surface area (Å²) >= 11 is 0. The van der Waals surface area contributed by atoms with Gasteiger partial charge in [-0.3, -0.25) is 0 Å². The fourth-order valence-electron chi connectivity index (χ4n) is 0.805. The highest BCUT2D eigenvalue weighted by molar-refractivity contribution is 5.37. The van der Waals surface area contributed by atoms with Crippen molar-refractivity contribution in [2.75, 3.05) is 18.5 Å². The maximum atomic E-state index is 5.17. The van der Waals surface area contributed by atoms with Gasteiger partial charge in [-0.15, -0.1) is 0 Å². The van der Waals surface area contributed by atoms with Crippen LogP contribution in [0.25, 0.3) is 0 Å². The minimum atomic E-state index is 0.660. The molecule has 0 spiro atoms. The topological polar surface area (TPSA) is 49.9 Å². The molecule has 0 fully saturated rings. The van der Waals surface area contributed by atoms with E-state index in [1.807, 2.05) is 19.9 Å². The molecule has 0 saturated carbocycles. The standard InChI is InChI=1S/C7H13N3O/c1-3-8-6-5-7(10-9-6)11-4-2/h5H,3-4H2,1-2H3,(H2,8,9,10). The highest BCUT2D eigenvalue weighted by Gasteiger charge is 1.97. The molecule has 1 heterocycles. The average Bonchev–Trinajstić information content (AvgIpc) is 2.38. The molecule has 0 aliphatic rings. The lowest BCUT2D eigenvalue weighted by Crippen LogP contribution is -1.95. The fourth-order valence-corrected chi connectivity index (χ4v) is 0.805. The number of anilines is 1. The van der Waals surface area contributed by atoms with E-state index < -0.39 is 0 Å². The molecule has 11 heavy (non-hydrogen) atoms. The van der Waals surface area contributed by atoms with Gasteiger partial charge in [0.1, 0.15) is 0 Å². The van der Waals surface area contributed by atoms with Gasteiger partial charge in [-0.25, -0.2) is 5.10 Å². The maximum Gasteiger partial charge on any atom is 0.211 e. The van der Waals surface area contributed by atoms with Gasteiger partial charge in [0.25, 0.3) is 0 Å². The third-order valence-electron chi connectivity index (χ3n) is 1.21. The molecule has 4 heteroatoms. The van der Waals surface area contributed by atoms with E-state index in [-0.39, 0.29) is 0 Å². The third-order valence-corrected chi connectivity index (χ3v) is 1.21. The van der Waals surface area contributed by atoms with Crippen molar-refractivity contribution in [1.29, 1.82) is 0 Å². The molecule has 0 aliphatic heterocycles. The molecule has 0 unspecified atom stereocenters. The van der Waals surface area contributed by atoms with Crippen LogP contribution in [0.15, 0.2) is 6.07 Å². The van der Waals surface area contributed by atoms with Crippen LogP contribution in [-0.2, 0) is 0 Å². The Morgan fingerprint density at radius 2 is 2.45 bits per heavy atom. The molecule has 0 atom stereocenters. The van der Waals surface area contributed by atoms with Gasteiger partial charge in [-0.1, -0.05) is 0 Å². The number of nitrogens with one attached hydrogen (secondary N) is 2. The highest BCUT2D eigenvalue weighted by Crippen LogP contribution is 2.11. The van der Waals surface area contributed by atoms with Crippen molar-refractivity contribution in [3.05, 3.63) is 6.07 Å². The van der Waals surface area contributed by atoms with Gasteiger partial charge in [0.2, 0.25) is 5.88 Å². The van der Waals surface area contributed by atoms with Crippen molar-refractivity contribution in [2.45, 2.75) is 13.8 Å². The second-order valence-electron chi connectivity index (χ2n) is 2.08. The van der Waals surface area contributed by atoms with E-state index in [1.165, 1.54) is 0 Å². The maximum absolute atomic E-state index is 5.17. The van der Waals surface area contributed by atoms with E-state index in [9.17, 15) is 0 Å². The van der Waals surface area contributed by atoms with Gasteiger partial charge in [0.05, 0.1) is 6.61 Å². The summed E-state index contributed by atoms with van der Waals surface area (Å²) in [5.41, 5.74) is 0. The first kappa shape index (κ1) is 7.91. The zero-order valence-corrected chi connectivity index (χ0v) is 6.85. The molecule has 2 N–H and O–H groups in total. The van der Waals surface area contributed by atoms with Crippen LogP contribution >= 0.6 is 0 Å². The lowest BCUT2D eigenvalue weighted by molar-refractivity contribution is 0.326. The Kier molecular flexibility index (Phi) is 2.77. The quantitative estimate of drug-likeness (QED) is 0.687. The zero-order valence-electron chi connectivity index (χ0n) is 6.85. The van der Waals surface area contributed by atoms with Gasteiger partial charge in [-0.2, -0.15) is 5.10 Å². The predicted octanol–water partition coefficient (Wildman–Crippen LogP) is 1.24. The van der Waals surface area contributed by atoms with Gasteiger partial charge in [0, 0.05) is 12.6 Å². The number of aromatic amines is 1. The Bertz CT molecular complexity index is 189. The molecule has 0 bridgehead atoms. The summed E-state index contributed by atoms with van der Waals surface area (Å²) in [7, 11) is 0. The Morgan fingerprint density at radius 3 is 3.09 bits per heavy atom. The molecule has 1 rings (SSSR count). The van der Waals surface area contributed by atoms with Crippen molar-refractivity contribution in [3.8, 4) is 5.88 Å². The van der Waals surface area contributed by atoms with E-state index in [2.05, 4.69) is 15.5 Å². The summed E-state index contributed by atoms with van der Waals surface area (Å²) in [5.74, 6) is 1.54. The van der Waals surface area contributed by atoms with Gasteiger partial charge in [0.15, 0.2) is 5.82 Å². The Balaban J connectivity index is 2.51. The number of H-pyrrole nitrogens is 1. The molecular weight excluding hydrogens is 142 g/mol. The molecule has 0 amide bonds. The van der Waals surface area contributed by atoms with Crippen LogP contribution in [0.2, 0.25) is 0 Å². The van der Waals surface area contributed by atoms with E-state index in [4.69, 9.17) is 4.74 Å². The Labute approximate surface area is 66.0 Å². The summed E-state index contributed by atoms with van der Waals surface area (Å²) in [6.45, 7) is 5.49. The van der Waals surface area contributed by atoms with Crippen molar-refractivity contribution < 1.29 is 4.74 Å². The molecule has 1 aromatic rings. The van der Waals surface area contributed by atoms with Crippen LogP contribution in [0, 0.1) is 0 Å². The first-order chi connectivity index (χ1) is 5.36. The molecule has 1 aromatic heterocycles. The first-order valence-corrected chi connectivity index (χ1v) is 3.79. The number of aromatic nitrogens is 2. The van der Waals surface area contributed by atoms with Crippen LogP contribution < -0.4 is 10.1 Å². The number of rotatable bonds is 4. The van der Waals surface area contributed by atoms with Crippen molar-refractivity contribution in [3.63, 3.8) is 0 Å². The molecule has 0 radical (unpaired) electrons. The molecule has 0 aliphatic carbocycles. The van der Waals surface area contributed by atoms with Crippen LogP contribution in [0.3, 0.4) is 0 Å². The second-order valence-corrected chi connectivity index (χ2v) is 2.08. The summed E-state index contributed by atoms with van der Waals surface area (Å²) in [6, 6.07) is 1.84. The third kappa shape index (κ3) is 2.14. The van der Waals surface area contributed by atoms with Crippen molar-refractivity contribution >= 4 is 5.82 Å².